The Balaban J connectivity index is 1.23. The molecule has 0 fully saturated rings. The summed E-state index contributed by atoms with van der Waals surface area (Å²) in [6.07, 6.45) is 11.3. The summed E-state index contributed by atoms with van der Waals surface area (Å²) in [7, 11) is 0. The van der Waals surface area contributed by atoms with Gasteiger partial charge in [-0.2, -0.15) is 0 Å². The van der Waals surface area contributed by atoms with Gasteiger partial charge in [0.25, 0.3) is 0 Å². The van der Waals surface area contributed by atoms with Gasteiger partial charge in [-0.25, -0.2) is 0 Å². The van der Waals surface area contributed by atoms with Gasteiger partial charge in [0.15, 0.2) is 0 Å². The minimum atomic E-state index is -0.130. The predicted molar refractivity (Wildman–Crippen MR) is 186 cm³/mol. The van der Waals surface area contributed by atoms with Crippen LogP contribution in [-0.4, -0.2) is 15.0 Å². The third-order valence-electron chi connectivity index (χ3n) is 9.55. The molecule has 0 saturated carbocycles. The van der Waals surface area contributed by atoms with Gasteiger partial charge in [0.1, 0.15) is 11.2 Å². The van der Waals surface area contributed by atoms with Gasteiger partial charge >= 0.3 is 0 Å². The van der Waals surface area contributed by atoms with Gasteiger partial charge in [0, 0.05) is 75.6 Å². The molecule has 0 spiro atoms. The summed E-state index contributed by atoms with van der Waals surface area (Å²) in [5.41, 5.74) is 15.5. The predicted octanol–water partition coefficient (Wildman–Crippen LogP) is 10.7. The number of nitrogens with zero attached hydrogens (tertiary/aromatic N) is 3. The van der Waals surface area contributed by atoms with Crippen LogP contribution in [0.15, 0.2) is 145 Å². The molecule has 9 rings (SSSR count). The molecule has 218 valence electrons. The van der Waals surface area contributed by atoms with Crippen LogP contribution < -0.4 is 0 Å². The Kier molecular flexibility index (Phi) is 5.81. The van der Waals surface area contributed by atoms with Crippen LogP contribution >= 0.6 is 0 Å². The van der Waals surface area contributed by atoms with Crippen LogP contribution in [0.5, 0.6) is 0 Å². The molecule has 0 bridgehead atoms. The highest BCUT2D eigenvalue weighted by atomic mass is 16.3. The minimum Gasteiger partial charge on any atom is -0.455 e. The summed E-state index contributed by atoms with van der Waals surface area (Å²) in [5.74, 6) is 0. The smallest absolute Gasteiger partial charge is 0.143 e. The van der Waals surface area contributed by atoms with E-state index in [1.807, 2.05) is 36.9 Å². The number of para-hydroxylation sites is 2. The van der Waals surface area contributed by atoms with Gasteiger partial charge in [-0.3, -0.25) is 15.0 Å². The highest BCUT2D eigenvalue weighted by molar-refractivity contribution is 6.13. The lowest BCUT2D eigenvalue weighted by Gasteiger charge is -2.21. The Labute approximate surface area is 267 Å². The number of rotatable bonds is 4. The number of hydrogen-bond acceptors (Lipinski definition) is 4. The Hall–Kier alpha value is -5.87. The fourth-order valence-corrected chi connectivity index (χ4v) is 7.19. The van der Waals surface area contributed by atoms with E-state index in [2.05, 4.69) is 120 Å². The summed E-state index contributed by atoms with van der Waals surface area (Å²) in [6, 6.07) is 36.7. The van der Waals surface area contributed by atoms with Crippen LogP contribution in [0.2, 0.25) is 0 Å². The van der Waals surface area contributed by atoms with Gasteiger partial charge < -0.3 is 4.42 Å². The minimum absolute atomic E-state index is 0.130. The Morgan fingerprint density at radius 3 is 1.65 bits per heavy atom. The number of pyridine rings is 3. The van der Waals surface area contributed by atoms with Crippen LogP contribution in [0.25, 0.3) is 77.6 Å². The molecule has 4 heteroatoms. The van der Waals surface area contributed by atoms with Crippen LogP contribution in [0.1, 0.15) is 25.0 Å². The summed E-state index contributed by atoms with van der Waals surface area (Å²) in [5, 5.41) is 2.21. The van der Waals surface area contributed by atoms with Crippen LogP contribution in [0.3, 0.4) is 0 Å². The van der Waals surface area contributed by atoms with Crippen LogP contribution in [0, 0.1) is 0 Å². The molecule has 0 radical (unpaired) electrons. The lowest BCUT2D eigenvalue weighted by Crippen LogP contribution is -2.15. The summed E-state index contributed by atoms with van der Waals surface area (Å²) in [6.45, 7) is 4.58. The first-order chi connectivity index (χ1) is 22.6. The summed E-state index contributed by atoms with van der Waals surface area (Å²) >= 11 is 0. The van der Waals surface area contributed by atoms with Crippen molar-refractivity contribution in [2.24, 2.45) is 0 Å². The van der Waals surface area contributed by atoms with Gasteiger partial charge in [-0.05, 0) is 87.0 Å². The molecule has 46 heavy (non-hydrogen) atoms. The Bertz CT molecular complexity index is 2380. The first-order valence-electron chi connectivity index (χ1n) is 15.6. The van der Waals surface area contributed by atoms with Crippen molar-refractivity contribution in [2.45, 2.75) is 19.3 Å². The Morgan fingerprint density at radius 1 is 0.435 bits per heavy atom. The van der Waals surface area contributed by atoms with Crippen molar-refractivity contribution in [3.05, 3.63) is 151 Å². The van der Waals surface area contributed by atoms with E-state index >= 15 is 0 Å². The van der Waals surface area contributed by atoms with E-state index in [1.54, 1.807) is 12.4 Å². The topological polar surface area (TPSA) is 51.8 Å². The SMILES string of the molecule is CC1(C)c2cnccc2-c2ccc(-c3cccc4c3oc3c(-c5cc(-c6cccnc6)cc(-c6cccnc6)c5)cccc34)cc21. The van der Waals surface area contributed by atoms with Crippen molar-refractivity contribution < 1.29 is 4.42 Å². The van der Waals surface area contributed by atoms with Crippen molar-refractivity contribution in [1.29, 1.82) is 0 Å². The number of fused-ring (bicyclic) bond motifs is 6. The number of furan rings is 1. The maximum atomic E-state index is 6.91. The molecule has 4 aromatic heterocycles. The largest absolute Gasteiger partial charge is 0.455 e. The van der Waals surface area contributed by atoms with Gasteiger partial charge in [-0.15, -0.1) is 0 Å². The van der Waals surface area contributed by atoms with Crippen molar-refractivity contribution in [2.75, 3.05) is 0 Å². The van der Waals surface area contributed by atoms with Crippen molar-refractivity contribution in [1.82, 2.24) is 15.0 Å². The highest BCUT2D eigenvalue weighted by Crippen LogP contribution is 2.50. The third kappa shape index (κ3) is 4.04. The monoisotopic (exact) mass is 591 g/mol. The molecule has 8 aromatic rings. The van der Waals surface area contributed by atoms with E-state index in [-0.39, 0.29) is 5.41 Å². The van der Waals surface area contributed by atoms with Crippen molar-refractivity contribution >= 4 is 21.9 Å². The number of aromatic nitrogens is 3. The lowest BCUT2D eigenvalue weighted by atomic mass is 9.82. The van der Waals surface area contributed by atoms with E-state index in [0.717, 1.165) is 66.4 Å². The maximum Gasteiger partial charge on any atom is 0.143 e. The molecule has 4 aromatic carbocycles. The van der Waals surface area contributed by atoms with E-state index in [9.17, 15) is 0 Å². The van der Waals surface area contributed by atoms with E-state index < -0.39 is 0 Å². The maximum absolute atomic E-state index is 6.91. The van der Waals surface area contributed by atoms with Crippen molar-refractivity contribution in [3.8, 4) is 55.6 Å². The van der Waals surface area contributed by atoms with E-state index in [1.165, 1.54) is 22.3 Å². The second-order valence-electron chi connectivity index (χ2n) is 12.6. The lowest BCUT2D eigenvalue weighted by molar-refractivity contribution is 0.657. The zero-order valence-corrected chi connectivity index (χ0v) is 25.5. The second-order valence-corrected chi connectivity index (χ2v) is 12.6. The average Bonchev–Trinajstić information content (AvgIpc) is 3.61. The molecule has 4 nitrogen and oxygen atoms in total. The molecular weight excluding hydrogens is 562 g/mol. The molecule has 1 aliphatic carbocycles. The molecule has 0 amide bonds. The van der Waals surface area contributed by atoms with Gasteiger partial charge in [-0.1, -0.05) is 74.5 Å². The van der Waals surface area contributed by atoms with Crippen molar-refractivity contribution in [3.63, 3.8) is 0 Å². The van der Waals surface area contributed by atoms with Gasteiger partial charge in [0.05, 0.1) is 0 Å². The molecule has 0 saturated heterocycles. The fraction of sp³-hybridized carbons (Fsp3) is 0.0714. The quantitative estimate of drug-likeness (QED) is 0.204. The first kappa shape index (κ1) is 26.5. The normalized spacial score (nSPS) is 13.2. The summed E-state index contributed by atoms with van der Waals surface area (Å²) in [4.78, 5) is 13.2. The van der Waals surface area contributed by atoms with Gasteiger partial charge in [0.2, 0.25) is 0 Å². The third-order valence-corrected chi connectivity index (χ3v) is 9.55. The number of hydrogen-bond donors (Lipinski definition) is 0. The number of benzene rings is 4. The van der Waals surface area contributed by atoms with E-state index in [4.69, 9.17) is 4.42 Å². The van der Waals surface area contributed by atoms with Crippen LogP contribution in [-0.2, 0) is 5.41 Å². The highest BCUT2D eigenvalue weighted by Gasteiger charge is 2.35. The molecule has 0 N–H and O–H groups in total. The average molecular weight is 592 g/mol. The summed E-state index contributed by atoms with van der Waals surface area (Å²) < 4.78 is 6.91. The first-order valence-corrected chi connectivity index (χ1v) is 15.6. The zero-order chi connectivity index (χ0) is 30.8. The standard InChI is InChI=1S/C42H29N3O/c1-42(2)38-22-26(13-14-34(38)35-15-18-45-25-39(35)42)32-9-3-11-36-37-12-4-10-33(41(37)46-40(32)36)31-20-29(27-7-5-16-43-23-27)19-30(21-31)28-8-6-17-44-24-28/h3-25H,1-2H3. The molecule has 1 aliphatic rings. The Morgan fingerprint density at radius 2 is 1.02 bits per heavy atom. The molecule has 4 heterocycles. The molecule has 0 aliphatic heterocycles. The molecule has 0 unspecified atom stereocenters. The second kappa shape index (κ2) is 10.1. The molecular formula is C42H29N3O. The molecule has 0 atom stereocenters. The van der Waals surface area contributed by atoms with E-state index in [0.29, 0.717) is 0 Å². The zero-order valence-electron chi connectivity index (χ0n) is 25.5. The van der Waals surface area contributed by atoms with Crippen LogP contribution in [0.4, 0.5) is 0 Å². The fourth-order valence-electron chi connectivity index (χ4n) is 7.19.